The van der Waals surface area contributed by atoms with Gasteiger partial charge in [0, 0.05) is 51.0 Å². The minimum absolute atomic E-state index is 0.263. The molecule has 1 saturated carbocycles. The van der Waals surface area contributed by atoms with E-state index in [0.717, 1.165) is 50.0 Å². The van der Waals surface area contributed by atoms with Crippen molar-refractivity contribution in [3.8, 4) is 0 Å². The Hall–Kier alpha value is -1.46. The van der Waals surface area contributed by atoms with Gasteiger partial charge in [-0.1, -0.05) is 6.07 Å². The lowest BCUT2D eigenvalue weighted by atomic mass is 10.1. The number of aromatic nitrogens is 1. The number of amides is 1. The van der Waals surface area contributed by atoms with Crippen LogP contribution in [0.5, 0.6) is 0 Å². The Bertz CT molecular complexity index is 572. The smallest absolute Gasteiger partial charge is 0.223 e. The van der Waals surface area contributed by atoms with E-state index in [1.807, 2.05) is 23.2 Å². The van der Waals surface area contributed by atoms with Gasteiger partial charge in [-0.05, 0) is 49.7 Å². The van der Waals surface area contributed by atoms with E-state index in [0.29, 0.717) is 18.9 Å². The van der Waals surface area contributed by atoms with Crippen LogP contribution in [0.4, 0.5) is 0 Å². The molecule has 4 rings (SSSR count). The monoisotopic (exact) mass is 343 g/mol. The van der Waals surface area contributed by atoms with Crippen LogP contribution in [-0.4, -0.2) is 59.0 Å². The summed E-state index contributed by atoms with van der Waals surface area (Å²) < 4.78 is 5.99. The van der Waals surface area contributed by atoms with Gasteiger partial charge in [-0.2, -0.15) is 0 Å². The highest BCUT2D eigenvalue weighted by Gasteiger charge is 2.37. The third-order valence-electron chi connectivity index (χ3n) is 6.14. The summed E-state index contributed by atoms with van der Waals surface area (Å²) in [7, 11) is 0. The molecule has 3 aliphatic rings. The van der Waals surface area contributed by atoms with Crippen LogP contribution in [0, 0.1) is 5.92 Å². The van der Waals surface area contributed by atoms with Gasteiger partial charge in [0.25, 0.3) is 0 Å². The second kappa shape index (κ2) is 7.83. The molecule has 5 heteroatoms. The summed E-state index contributed by atoms with van der Waals surface area (Å²) in [5, 5.41) is 0. The van der Waals surface area contributed by atoms with Crippen LogP contribution in [-0.2, 0) is 16.1 Å². The maximum atomic E-state index is 12.5. The molecule has 1 aliphatic carbocycles. The van der Waals surface area contributed by atoms with Crippen LogP contribution in [0.3, 0.4) is 0 Å². The molecule has 0 spiro atoms. The van der Waals surface area contributed by atoms with E-state index in [9.17, 15) is 4.79 Å². The van der Waals surface area contributed by atoms with E-state index in [2.05, 4.69) is 9.88 Å². The lowest BCUT2D eigenvalue weighted by Crippen LogP contribution is -2.42. The van der Waals surface area contributed by atoms with Crippen molar-refractivity contribution in [1.82, 2.24) is 14.8 Å². The van der Waals surface area contributed by atoms with Crippen LogP contribution in [0.2, 0.25) is 0 Å². The molecule has 2 bridgehead atoms. The zero-order valence-corrected chi connectivity index (χ0v) is 15.0. The molecule has 2 saturated heterocycles. The molecule has 3 heterocycles. The van der Waals surface area contributed by atoms with E-state index in [-0.39, 0.29) is 6.10 Å². The summed E-state index contributed by atoms with van der Waals surface area (Å²) in [6, 6.07) is 4.74. The van der Waals surface area contributed by atoms with Gasteiger partial charge in [0.2, 0.25) is 5.91 Å². The number of nitrogens with zero attached hydrogens (tertiary/aromatic N) is 3. The molecule has 2 atom stereocenters. The highest BCUT2D eigenvalue weighted by Crippen LogP contribution is 2.37. The van der Waals surface area contributed by atoms with E-state index in [4.69, 9.17) is 4.74 Å². The number of likely N-dealkylation sites (tertiary alicyclic amines) is 2. The first-order valence-corrected chi connectivity index (χ1v) is 9.80. The number of hydrogen-bond donors (Lipinski definition) is 0. The van der Waals surface area contributed by atoms with Gasteiger partial charge < -0.3 is 9.64 Å². The fraction of sp³-hybridized carbons (Fsp3) is 0.700. The first-order valence-electron chi connectivity index (χ1n) is 9.80. The topological polar surface area (TPSA) is 45.7 Å². The Morgan fingerprint density at radius 2 is 2.12 bits per heavy atom. The van der Waals surface area contributed by atoms with Crippen LogP contribution in [0.1, 0.15) is 44.1 Å². The van der Waals surface area contributed by atoms with Gasteiger partial charge in [0.1, 0.15) is 0 Å². The minimum Gasteiger partial charge on any atom is -0.373 e. The third kappa shape index (κ3) is 4.21. The maximum absolute atomic E-state index is 12.5. The minimum atomic E-state index is 0.263. The van der Waals surface area contributed by atoms with Gasteiger partial charge >= 0.3 is 0 Å². The average molecular weight is 343 g/mol. The number of fused-ring (bicyclic) bond motifs is 2. The predicted octanol–water partition coefficient (Wildman–Crippen LogP) is 2.46. The predicted molar refractivity (Wildman–Crippen MR) is 95.9 cm³/mol. The Morgan fingerprint density at radius 1 is 1.24 bits per heavy atom. The van der Waals surface area contributed by atoms with Crippen LogP contribution in [0.25, 0.3) is 0 Å². The van der Waals surface area contributed by atoms with Crippen molar-refractivity contribution < 1.29 is 9.53 Å². The molecule has 25 heavy (non-hydrogen) atoms. The van der Waals surface area contributed by atoms with Crippen LogP contribution >= 0.6 is 0 Å². The fourth-order valence-electron chi connectivity index (χ4n) is 4.67. The van der Waals surface area contributed by atoms with E-state index >= 15 is 0 Å². The largest absolute Gasteiger partial charge is 0.373 e. The van der Waals surface area contributed by atoms with Crippen molar-refractivity contribution in [1.29, 1.82) is 0 Å². The summed E-state index contributed by atoms with van der Waals surface area (Å²) in [4.78, 5) is 21.2. The molecule has 0 unspecified atom stereocenters. The van der Waals surface area contributed by atoms with Gasteiger partial charge in [-0.25, -0.2) is 0 Å². The first kappa shape index (κ1) is 17.0. The van der Waals surface area contributed by atoms with E-state index in [1.165, 1.54) is 25.8 Å². The molecule has 1 aromatic heterocycles. The molecule has 3 fully saturated rings. The summed E-state index contributed by atoms with van der Waals surface area (Å²) in [6.07, 6.45) is 10.6. The summed E-state index contributed by atoms with van der Waals surface area (Å²) in [5.41, 5.74) is 1.11. The highest BCUT2D eigenvalue weighted by molar-refractivity contribution is 5.76. The molecule has 2 aliphatic heterocycles. The standard InChI is InChI=1S/C20H29N3O2/c24-20(7-11-23-14-16-3-4-18(23)12-16)22-9-5-19(6-10-22)25-15-17-2-1-8-21-13-17/h1-2,8,13,16,18-19H,3-7,9-12,14-15H2/t16-,18+/m1/s1. The number of piperidine rings is 2. The molecular weight excluding hydrogens is 314 g/mol. The van der Waals surface area contributed by atoms with Crippen molar-refractivity contribution in [3.63, 3.8) is 0 Å². The molecule has 1 aromatic rings. The number of ether oxygens (including phenoxy) is 1. The van der Waals surface area contributed by atoms with Crippen molar-refractivity contribution in [2.24, 2.45) is 5.92 Å². The molecule has 0 radical (unpaired) electrons. The van der Waals surface area contributed by atoms with Crippen LogP contribution in [0.15, 0.2) is 24.5 Å². The second-order valence-corrected chi connectivity index (χ2v) is 7.83. The molecule has 0 aromatic carbocycles. The Balaban J connectivity index is 1.15. The molecular formula is C20H29N3O2. The fourth-order valence-corrected chi connectivity index (χ4v) is 4.67. The normalized spacial score (nSPS) is 27.1. The van der Waals surface area contributed by atoms with E-state index < -0.39 is 0 Å². The number of hydrogen-bond acceptors (Lipinski definition) is 4. The van der Waals surface area contributed by atoms with Gasteiger partial charge in [-0.3, -0.25) is 14.7 Å². The molecule has 136 valence electrons. The first-order chi connectivity index (χ1) is 12.3. The SMILES string of the molecule is O=C(CCN1C[C@@H]2CC[C@H]1C2)N1CCC(OCc2cccnc2)CC1. The number of rotatable bonds is 6. The number of carbonyl (C=O) groups is 1. The van der Waals surface area contributed by atoms with E-state index in [1.54, 1.807) is 6.20 Å². The molecule has 5 nitrogen and oxygen atoms in total. The number of pyridine rings is 1. The van der Waals surface area contributed by atoms with Crippen molar-refractivity contribution in [2.45, 2.75) is 57.3 Å². The summed E-state index contributed by atoms with van der Waals surface area (Å²) in [5.74, 6) is 1.24. The zero-order valence-electron chi connectivity index (χ0n) is 15.0. The zero-order chi connectivity index (χ0) is 17.1. The number of carbonyl (C=O) groups excluding carboxylic acids is 1. The lowest BCUT2D eigenvalue weighted by molar-refractivity contribution is -0.134. The third-order valence-corrected chi connectivity index (χ3v) is 6.14. The summed E-state index contributed by atoms with van der Waals surface area (Å²) in [6.45, 7) is 4.47. The Morgan fingerprint density at radius 3 is 2.80 bits per heavy atom. The van der Waals surface area contributed by atoms with Gasteiger partial charge in [0.05, 0.1) is 12.7 Å². The lowest BCUT2D eigenvalue weighted by Gasteiger charge is -2.33. The quantitative estimate of drug-likeness (QED) is 0.796. The second-order valence-electron chi connectivity index (χ2n) is 7.83. The van der Waals surface area contributed by atoms with Crippen molar-refractivity contribution >= 4 is 5.91 Å². The van der Waals surface area contributed by atoms with Gasteiger partial charge in [0.15, 0.2) is 0 Å². The Labute approximate surface area is 150 Å². The molecule has 0 N–H and O–H groups in total. The van der Waals surface area contributed by atoms with Crippen LogP contribution < -0.4 is 0 Å². The van der Waals surface area contributed by atoms with Crippen molar-refractivity contribution in [2.75, 3.05) is 26.2 Å². The summed E-state index contributed by atoms with van der Waals surface area (Å²) >= 11 is 0. The van der Waals surface area contributed by atoms with Crippen molar-refractivity contribution in [3.05, 3.63) is 30.1 Å². The average Bonchev–Trinajstić information content (AvgIpc) is 3.29. The molecule has 1 amide bonds. The van der Waals surface area contributed by atoms with Gasteiger partial charge in [-0.15, -0.1) is 0 Å². The Kier molecular flexibility index (Phi) is 5.32. The highest BCUT2D eigenvalue weighted by atomic mass is 16.5. The maximum Gasteiger partial charge on any atom is 0.223 e.